The van der Waals surface area contributed by atoms with Crippen LogP contribution in [0.3, 0.4) is 0 Å². The molecule has 0 aromatic heterocycles. The summed E-state index contributed by atoms with van der Waals surface area (Å²) >= 11 is 0. The summed E-state index contributed by atoms with van der Waals surface area (Å²) in [6, 6.07) is 33.3. The van der Waals surface area contributed by atoms with E-state index in [9.17, 15) is 5.11 Å². The van der Waals surface area contributed by atoms with Crippen LogP contribution in [0.2, 0.25) is 0 Å². The molecule has 0 fully saturated rings. The van der Waals surface area contributed by atoms with Gasteiger partial charge in [0.2, 0.25) is 0 Å². The van der Waals surface area contributed by atoms with Crippen molar-refractivity contribution in [1.29, 1.82) is 0 Å². The number of fused-ring (bicyclic) bond motifs is 3. The summed E-state index contributed by atoms with van der Waals surface area (Å²) in [5.41, 5.74) is 8.84. The average Bonchev–Trinajstić information content (AvgIpc) is 3.01. The molecule has 5 rings (SSSR count). The number of hydrogen-bond acceptors (Lipinski definition) is 1. The maximum atomic E-state index is 11.1. The third kappa shape index (κ3) is 2.22. The Morgan fingerprint density at radius 3 is 1.81 bits per heavy atom. The molecule has 0 amide bonds. The average molecular weight is 334 g/mol. The Bertz CT molecular complexity index is 1080. The number of aliphatic hydroxyl groups excluding tert-OH is 1. The molecule has 1 atom stereocenters. The van der Waals surface area contributed by atoms with Gasteiger partial charge < -0.3 is 5.11 Å². The first-order valence-corrected chi connectivity index (χ1v) is 8.89. The fourth-order valence-corrected chi connectivity index (χ4v) is 4.05. The molecule has 0 radical (unpaired) electrons. The van der Waals surface area contributed by atoms with E-state index in [1.54, 1.807) is 0 Å². The van der Waals surface area contributed by atoms with Gasteiger partial charge in [0.1, 0.15) is 6.10 Å². The number of rotatable bonds is 2. The molecule has 124 valence electrons. The van der Waals surface area contributed by atoms with E-state index in [2.05, 4.69) is 66.7 Å². The van der Waals surface area contributed by atoms with Gasteiger partial charge in [-0.15, -0.1) is 0 Å². The van der Waals surface area contributed by atoms with Crippen molar-refractivity contribution >= 4 is 0 Å². The summed E-state index contributed by atoms with van der Waals surface area (Å²) in [5, 5.41) is 11.1. The molecule has 0 aliphatic heterocycles. The molecule has 4 aromatic carbocycles. The van der Waals surface area contributed by atoms with Crippen LogP contribution in [0, 0.1) is 0 Å². The van der Waals surface area contributed by atoms with Crippen LogP contribution in [0.1, 0.15) is 17.2 Å². The summed E-state index contributed by atoms with van der Waals surface area (Å²) in [6.45, 7) is 0. The molecule has 0 saturated carbocycles. The van der Waals surface area contributed by atoms with E-state index < -0.39 is 6.10 Å². The van der Waals surface area contributed by atoms with Gasteiger partial charge in [0.05, 0.1) is 0 Å². The predicted octanol–water partition coefficient (Wildman–Crippen LogP) is 6.08. The Kier molecular flexibility index (Phi) is 3.48. The standard InChI is InChI=1S/C25H18O/c26-25-22-14-8-7-13-20(22)21-16-15-19(17-9-3-1-4-10-17)23(24(21)25)18-11-5-2-6-12-18/h1-16,25-26H. The third-order valence-electron chi connectivity index (χ3n) is 5.21. The monoisotopic (exact) mass is 334 g/mol. The van der Waals surface area contributed by atoms with Crippen LogP contribution in [0.5, 0.6) is 0 Å². The van der Waals surface area contributed by atoms with Gasteiger partial charge in [-0.25, -0.2) is 0 Å². The van der Waals surface area contributed by atoms with Gasteiger partial charge in [-0.1, -0.05) is 97.1 Å². The van der Waals surface area contributed by atoms with Crippen molar-refractivity contribution in [3.05, 3.63) is 108 Å². The second-order valence-corrected chi connectivity index (χ2v) is 6.67. The largest absolute Gasteiger partial charge is 0.384 e. The molecule has 0 bridgehead atoms. The van der Waals surface area contributed by atoms with E-state index in [0.717, 1.165) is 44.5 Å². The summed E-state index contributed by atoms with van der Waals surface area (Å²) in [7, 11) is 0. The molecule has 4 aromatic rings. The van der Waals surface area contributed by atoms with Crippen LogP contribution in [0.15, 0.2) is 97.1 Å². The molecule has 0 spiro atoms. The van der Waals surface area contributed by atoms with Crippen molar-refractivity contribution in [2.75, 3.05) is 0 Å². The maximum Gasteiger partial charge on any atom is 0.106 e. The molecule has 1 aliphatic rings. The Morgan fingerprint density at radius 2 is 1.08 bits per heavy atom. The zero-order valence-corrected chi connectivity index (χ0v) is 14.3. The lowest BCUT2D eigenvalue weighted by Crippen LogP contribution is -1.99. The van der Waals surface area contributed by atoms with Gasteiger partial charge in [0, 0.05) is 5.56 Å². The van der Waals surface area contributed by atoms with Gasteiger partial charge in [-0.2, -0.15) is 0 Å². The quantitative estimate of drug-likeness (QED) is 0.471. The number of benzene rings is 4. The van der Waals surface area contributed by atoms with Crippen LogP contribution in [0.25, 0.3) is 33.4 Å². The molecular formula is C25H18O. The summed E-state index contributed by atoms with van der Waals surface area (Å²) in [6.07, 6.45) is -0.597. The van der Waals surface area contributed by atoms with Crippen molar-refractivity contribution in [1.82, 2.24) is 0 Å². The van der Waals surface area contributed by atoms with Crippen molar-refractivity contribution in [2.24, 2.45) is 0 Å². The Hall–Kier alpha value is -3.16. The summed E-state index contributed by atoms with van der Waals surface area (Å²) in [4.78, 5) is 0. The first-order chi connectivity index (χ1) is 12.8. The molecule has 1 unspecified atom stereocenters. The highest BCUT2D eigenvalue weighted by Gasteiger charge is 2.31. The van der Waals surface area contributed by atoms with Crippen molar-refractivity contribution in [2.45, 2.75) is 6.10 Å². The van der Waals surface area contributed by atoms with Gasteiger partial charge in [-0.05, 0) is 38.9 Å². The first-order valence-electron chi connectivity index (χ1n) is 8.89. The minimum atomic E-state index is -0.597. The fourth-order valence-electron chi connectivity index (χ4n) is 4.05. The van der Waals surface area contributed by atoms with E-state index in [0.29, 0.717) is 0 Å². The predicted molar refractivity (Wildman–Crippen MR) is 107 cm³/mol. The normalized spacial score (nSPS) is 14.7. The lowest BCUT2D eigenvalue weighted by molar-refractivity contribution is 0.226. The highest BCUT2D eigenvalue weighted by atomic mass is 16.3. The lowest BCUT2D eigenvalue weighted by Gasteiger charge is -2.18. The molecule has 1 heteroatoms. The van der Waals surface area contributed by atoms with E-state index in [1.807, 2.05) is 30.3 Å². The van der Waals surface area contributed by atoms with Crippen LogP contribution in [-0.4, -0.2) is 5.11 Å². The lowest BCUT2D eigenvalue weighted by atomic mass is 9.87. The SMILES string of the molecule is OC1c2ccccc2-c2ccc(-c3ccccc3)c(-c3ccccc3)c21. The molecule has 26 heavy (non-hydrogen) atoms. The molecule has 1 N–H and O–H groups in total. The smallest absolute Gasteiger partial charge is 0.106 e. The maximum absolute atomic E-state index is 11.1. The topological polar surface area (TPSA) is 20.2 Å². The van der Waals surface area contributed by atoms with Crippen LogP contribution >= 0.6 is 0 Å². The highest BCUT2D eigenvalue weighted by Crippen LogP contribution is 2.50. The summed E-state index contributed by atoms with van der Waals surface area (Å²) in [5.74, 6) is 0. The zero-order valence-electron chi connectivity index (χ0n) is 14.3. The summed E-state index contributed by atoms with van der Waals surface area (Å²) < 4.78 is 0. The van der Waals surface area contributed by atoms with Crippen molar-refractivity contribution in [3.8, 4) is 33.4 Å². The van der Waals surface area contributed by atoms with Gasteiger partial charge in [0.15, 0.2) is 0 Å². The second-order valence-electron chi connectivity index (χ2n) is 6.67. The van der Waals surface area contributed by atoms with Gasteiger partial charge in [-0.3, -0.25) is 0 Å². The van der Waals surface area contributed by atoms with E-state index in [1.165, 1.54) is 0 Å². The Balaban J connectivity index is 1.86. The molecule has 0 heterocycles. The Labute approximate surface area is 153 Å². The molecule has 1 nitrogen and oxygen atoms in total. The number of aliphatic hydroxyl groups is 1. The highest BCUT2D eigenvalue weighted by molar-refractivity contribution is 5.94. The van der Waals surface area contributed by atoms with E-state index >= 15 is 0 Å². The minimum Gasteiger partial charge on any atom is -0.384 e. The zero-order chi connectivity index (χ0) is 17.5. The first kappa shape index (κ1) is 15.1. The molecular weight excluding hydrogens is 316 g/mol. The number of hydrogen-bond donors (Lipinski definition) is 1. The van der Waals surface area contributed by atoms with E-state index in [-0.39, 0.29) is 0 Å². The second kappa shape index (κ2) is 5.98. The van der Waals surface area contributed by atoms with Crippen LogP contribution < -0.4 is 0 Å². The van der Waals surface area contributed by atoms with E-state index in [4.69, 9.17) is 0 Å². The van der Waals surface area contributed by atoms with Crippen molar-refractivity contribution in [3.63, 3.8) is 0 Å². The van der Waals surface area contributed by atoms with Crippen LogP contribution in [-0.2, 0) is 0 Å². The minimum absolute atomic E-state index is 0.597. The Morgan fingerprint density at radius 1 is 0.500 bits per heavy atom. The van der Waals surface area contributed by atoms with Gasteiger partial charge in [0.25, 0.3) is 0 Å². The van der Waals surface area contributed by atoms with Gasteiger partial charge >= 0.3 is 0 Å². The van der Waals surface area contributed by atoms with Crippen LogP contribution in [0.4, 0.5) is 0 Å². The third-order valence-corrected chi connectivity index (χ3v) is 5.21. The molecule has 1 aliphatic carbocycles. The fraction of sp³-hybridized carbons (Fsp3) is 0.0400. The van der Waals surface area contributed by atoms with Crippen molar-refractivity contribution < 1.29 is 5.11 Å². The molecule has 0 saturated heterocycles.